The van der Waals surface area contributed by atoms with Crippen molar-refractivity contribution >= 4 is 5.82 Å². The van der Waals surface area contributed by atoms with Crippen molar-refractivity contribution in [1.82, 2.24) is 9.78 Å². The smallest absolute Gasteiger partial charge is 0.161 e. The van der Waals surface area contributed by atoms with Crippen LogP contribution in [-0.2, 0) is 6.42 Å². The molecule has 0 aliphatic carbocycles. The molecular formula is C19H18FN3O2. The molecule has 0 amide bonds. The van der Waals surface area contributed by atoms with Gasteiger partial charge in [-0.2, -0.15) is 5.10 Å². The number of anilines is 1. The summed E-state index contributed by atoms with van der Waals surface area (Å²) >= 11 is 0. The minimum atomic E-state index is -0.263. The first-order valence-corrected chi connectivity index (χ1v) is 8.05. The van der Waals surface area contributed by atoms with E-state index < -0.39 is 0 Å². The lowest BCUT2D eigenvalue weighted by atomic mass is 10.1. The van der Waals surface area contributed by atoms with Gasteiger partial charge in [0.15, 0.2) is 11.5 Å². The molecule has 0 unspecified atom stereocenters. The van der Waals surface area contributed by atoms with E-state index in [1.165, 1.54) is 12.1 Å². The quantitative estimate of drug-likeness (QED) is 0.788. The molecule has 6 heteroatoms. The maximum absolute atomic E-state index is 13.2. The summed E-state index contributed by atoms with van der Waals surface area (Å²) in [6.45, 7) is 0.856. The topological polar surface area (TPSA) is 48.3 Å². The molecule has 128 valence electrons. The lowest BCUT2D eigenvalue weighted by Gasteiger charge is -2.09. The molecule has 1 aliphatic heterocycles. The van der Waals surface area contributed by atoms with Crippen LogP contribution in [0.25, 0.3) is 16.9 Å². The molecule has 1 N–H and O–H groups in total. The lowest BCUT2D eigenvalue weighted by Crippen LogP contribution is -2.04. The number of rotatable bonds is 4. The molecule has 3 aromatic rings. The summed E-state index contributed by atoms with van der Waals surface area (Å²) in [5, 5.41) is 8.14. The van der Waals surface area contributed by atoms with Crippen LogP contribution in [0.5, 0.6) is 11.5 Å². The summed E-state index contributed by atoms with van der Waals surface area (Å²) in [5.41, 5.74) is 3.82. The summed E-state index contributed by atoms with van der Waals surface area (Å²) in [4.78, 5) is 0. The Morgan fingerprint density at radius 3 is 2.52 bits per heavy atom. The highest BCUT2D eigenvalue weighted by Crippen LogP contribution is 2.38. The van der Waals surface area contributed by atoms with Crippen LogP contribution in [-0.4, -0.2) is 30.5 Å². The fourth-order valence-corrected chi connectivity index (χ4v) is 3.16. The van der Waals surface area contributed by atoms with E-state index in [-0.39, 0.29) is 5.82 Å². The van der Waals surface area contributed by atoms with Gasteiger partial charge in [-0.25, -0.2) is 9.07 Å². The standard InChI is InChI=1S/C19H18FN3O2/c1-24-16-8-3-12(11-17(16)25-2)18-15-9-10-21-19(15)23(22-18)14-6-4-13(20)5-7-14/h3-8,11,21H,9-10H2,1-2H3. The number of hydrogen-bond donors (Lipinski definition) is 1. The number of nitrogens with one attached hydrogen (secondary N) is 1. The first-order chi connectivity index (χ1) is 12.2. The Labute approximate surface area is 145 Å². The highest BCUT2D eigenvalue weighted by Gasteiger charge is 2.24. The molecule has 1 aliphatic rings. The first-order valence-electron chi connectivity index (χ1n) is 8.05. The fraction of sp³-hybridized carbons (Fsp3) is 0.211. The molecule has 0 saturated heterocycles. The van der Waals surface area contributed by atoms with E-state index >= 15 is 0 Å². The zero-order valence-corrected chi connectivity index (χ0v) is 14.0. The molecule has 0 radical (unpaired) electrons. The first kappa shape index (κ1) is 15.5. The average molecular weight is 339 g/mol. The SMILES string of the molecule is COc1ccc(-c2nn(-c3ccc(F)cc3)c3c2CCN3)cc1OC. The second-order valence-electron chi connectivity index (χ2n) is 5.81. The summed E-state index contributed by atoms with van der Waals surface area (Å²) in [7, 11) is 3.23. The fourth-order valence-electron chi connectivity index (χ4n) is 3.16. The Hall–Kier alpha value is -3.02. The third kappa shape index (κ3) is 2.59. The van der Waals surface area contributed by atoms with E-state index in [2.05, 4.69) is 5.32 Å². The molecule has 2 heterocycles. The van der Waals surface area contributed by atoms with Gasteiger partial charge in [-0.05, 0) is 48.9 Å². The number of ether oxygens (including phenoxy) is 2. The summed E-state index contributed by atoms with van der Waals surface area (Å²) in [5.74, 6) is 2.03. The molecule has 2 aromatic carbocycles. The van der Waals surface area contributed by atoms with Gasteiger partial charge in [-0.3, -0.25) is 0 Å². The zero-order valence-electron chi connectivity index (χ0n) is 14.0. The molecule has 0 atom stereocenters. The Bertz CT molecular complexity index is 919. The normalized spacial score (nSPS) is 12.6. The lowest BCUT2D eigenvalue weighted by molar-refractivity contribution is 0.355. The van der Waals surface area contributed by atoms with Gasteiger partial charge in [-0.1, -0.05) is 0 Å². The van der Waals surface area contributed by atoms with Crippen LogP contribution in [0.2, 0.25) is 0 Å². The largest absolute Gasteiger partial charge is 0.493 e. The average Bonchev–Trinajstić information content (AvgIpc) is 3.24. The van der Waals surface area contributed by atoms with Crippen LogP contribution in [0, 0.1) is 5.82 Å². The maximum Gasteiger partial charge on any atom is 0.161 e. The minimum Gasteiger partial charge on any atom is -0.493 e. The van der Waals surface area contributed by atoms with Crippen molar-refractivity contribution < 1.29 is 13.9 Å². The third-order valence-electron chi connectivity index (χ3n) is 4.38. The van der Waals surface area contributed by atoms with E-state index in [0.717, 1.165) is 41.3 Å². The van der Waals surface area contributed by atoms with Gasteiger partial charge >= 0.3 is 0 Å². The van der Waals surface area contributed by atoms with Gasteiger partial charge in [0.25, 0.3) is 0 Å². The predicted molar refractivity (Wildman–Crippen MR) is 94.3 cm³/mol. The Balaban J connectivity index is 1.84. The van der Waals surface area contributed by atoms with Crippen LogP contribution < -0.4 is 14.8 Å². The van der Waals surface area contributed by atoms with Gasteiger partial charge in [-0.15, -0.1) is 0 Å². The molecule has 5 nitrogen and oxygen atoms in total. The van der Waals surface area contributed by atoms with Gasteiger partial charge in [0.2, 0.25) is 0 Å². The van der Waals surface area contributed by atoms with Crippen LogP contribution in [0.4, 0.5) is 10.2 Å². The van der Waals surface area contributed by atoms with E-state index in [0.29, 0.717) is 11.5 Å². The maximum atomic E-state index is 13.2. The molecule has 0 fully saturated rings. The number of hydrogen-bond acceptors (Lipinski definition) is 4. The molecule has 25 heavy (non-hydrogen) atoms. The van der Waals surface area contributed by atoms with E-state index in [1.807, 2.05) is 22.9 Å². The third-order valence-corrected chi connectivity index (χ3v) is 4.38. The van der Waals surface area contributed by atoms with Crippen LogP contribution in [0.15, 0.2) is 42.5 Å². The molecule has 0 spiro atoms. The number of benzene rings is 2. The Kier molecular flexibility index (Phi) is 3.80. The Morgan fingerprint density at radius 2 is 1.80 bits per heavy atom. The van der Waals surface area contributed by atoms with Gasteiger partial charge in [0.05, 0.1) is 25.6 Å². The molecule has 1 aromatic heterocycles. The van der Waals surface area contributed by atoms with E-state index in [9.17, 15) is 4.39 Å². The highest BCUT2D eigenvalue weighted by molar-refractivity contribution is 5.74. The molecular weight excluding hydrogens is 321 g/mol. The number of halogens is 1. The molecule has 0 bridgehead atoms. The van der Waals surface area contributed by atoms with Crippen molar-refractivity contribution in [3.8, 4) is 28.4 Å². The highest BCUT2D eigenvalue weighted by atomic mass is 19.1. The summed E-state index contributed by atoms with van der Waals surface area (Å²) < 4.78 is 25.8. The number of aromatic nitrogens is 2. The van der Waals surface area contributed by atoms with Crippen molar-refractivity contribution in [3.05, 3.63) is 53.8 Å². The van der Waals surface area contributed by atoms with Crippen molar-refractivity contribution in [1.29, 1.82) is 0 Å². The second-order valence-corrected chi connectivity index (χ2v) is 5.81. The van der Waals surface area contributed by atoms with Crippen LogP contribution in [0.3, 0.4) is 0 Å². The number of fused-ring (bicyclic) bond motifs is 1. The van der Waals surface area contributed by atoms with Crippen molar-refractivity contribution in [2.24, 2.45) is 0 Å². The molecule has 4 rings (SSSR count). The van der Waals surface area contributed by atoms with Crippen molar-refractivity contribution in [3.63, 3.8) is 0 Å². The zero-order chi connectivity index (χ0) is 17.4. The second kappa shape index (κ2) is 6.12. The Morgan fingerprint density at radius 1 is 1.04 bits per heavy atom. The summed E-state index contributed by atoms with van der Waals surface area (Å²) in [6.07, 6.45) is 0.889. The van der Waals surface area contributed by atoms with E-state index in [4.69, 9.17) is 14.6 Å². The van der Waals surface area contributed by atoms with Gasteiger partial charge in [0, 0.05) is 17.7 Å². The van der Waals surface area contributed by atoms with Gasteiger partial charge < -0.3 is 14.8 Å². The molecule has 0 saturated carbocycles. The van der Waals surface area contributed by atoms with Crippen molar-refractivity contribution in [2.45, 2.75) is 6.42 Å². The van der Waals surface area contributed by atoms with E-state index in [1.54, 1.807) is 26.4 Å². The predicted octanol–water partition coefficient (Wildman–Crippen LogP) is 3.66. The monoisotopic (exact) mass is 339 g/mol. The number of nitrogens with zero attached hydrogens (tertiary/aromatic N) is 2. The minimum absolute atomic E-state index is 0.263. The summed E-state index contributed by atoms with van der Waals surface area (Å²) in [6, 6.07) is 12.1. The van der Waals surface area contributed by atoms with Gasteiger partial charge in [0.1, 0.15) is 11.6 Å². The van der Waals surface area contributed by atoms with Crippen LogP contribution in [0.1, 0.15) is 5.56 Å². The number of methoxy groups -OCH3 is 2. The van der Waals surface area contributed by atoms with Crippen molar-refractivity contribution in [2.75, 3.05) is 26.1 Å². The van der Waals surface area contributed by atoms with Crippen LogP contribution >= 0.6 is 0 Å².